The van der Waals surface area contributed by atoms with Crippen molar-refractivity contribution in [1.29, 1.82) is 0 Å². The molecule has 0 unspecified atom stereocenters. The fourth-order valence-corrected chi connectivity index (χ4v) is 1.73. The van der Waals surface area contributed by atoms with Gasteiger partial charge in [0, 0.05) is 7.05 Å². The minimum atomic E-state index is -2.43. The molecule has 7 heteroatoms. The minimum Gasteiger partial charge on any atom is -0.465 e. The van der Waals surface area contributed by atoms with Crippen LogP contribution in [0.15, 0.2) is 6.20 Å². The molecule has 0 atom stereocenters. The van der Waals surface area contributed by atoms with Crippen LogP contribution in [0.3, 0.4) is 0 Å². The molecule has 0 amide bonds. The molecule has 0 aliphatic rings. The normalized spacial score (nSPS) is 10.5. The molecule has 0 aliphatic heterocycles. The number of hydrogen-bond acceptors (Lipinski definition) is 5. The zero-order valence-electron chi connectivity index (χ0n) is 8.24. The predicted octanol–water partition coefficient (Wildman–Crippen LogP) is 1.63. The quantitative estimate of drug-likeness (QED) is 0.745. The molecule has 1 aromatic heterocycles. The number of alkyl halides is 2. The van der Waals surface area contributed by atoms with Crippen LogP contribution in [0.2, 0.25) is 0 Å². The Morgan fingerprint density at radius 1 is 1.73 bits per heavy atom. The molecule has 0 spiro atoms. The van der Waals surface area contributed by atoms with Crippen LogP contribution in [0.5, 0.6) is 0 Å². The second-order valence-electron chi connectivity index (χ2n) is 2.77. The summed E-state index contributed by atoms with van der Waals surface area (Å²) in [7, 11) is 2.75. The topological polar surface area (TPSA) is 42.4 Å². The average Bonchev–Trinajstić information content (AvgIpc) is 2.64. The Bertz CT molecular complexity index is 343. The van der Waals surface area contributed by atoms with Crippen molar-refractivity contribution < 1.29 is 18.3 Å². The van der Waals surface area contributed by atoms with E-state index >= 15 is 0 Å². The van der Waals surface area contributed by atoms with Crippen molar-refractivity contribution in [3.8, 4) is 0 Å². The predicted molar refractivity (Wildman–Crippen MR) is 52.7 cm³/mol. The van der Waals surface area contributed by atoms with E-state index in [0.29, 0.717) is 10.0 Å². The molecule has 0 N–H and O–H groups in total. The summed E-state index contributed by atoms with van der Waals surface area (Å²) < 4.78 is 28.6. The smallest absolute Gasteiger partial charge is 0.349 e. The van der Waals surface area contributed by atoms with E-state index in [1.54, 1.807) is 0 Å². The van der Waals surface area contributed by atoms with Crippen molar-refractivity contribution in [3.63, 3.8) is 0 Å². The van der Waals surface area contributed by atoms with Gasteiger partial charge in [0.25, 0.3) is 6.43 Å². The van der Waals surface area contributed by atoms with Crippen molar-refractivity contribution >= 4 is 22.4 Å². The number of anilines is 1. The highest BCUT2D eigenvalue weighted by molar-refractivity contribution is 7.17. The maximum absolute atomic E-state index is 12.0. The Morgan fingerprint density at radius 3 is 2.93 bits per heavy atom. The number of rotatable bonds is 4. The second-order valence-corrected chi connectivity index (χ2v) is 3.78. The standard InChI is InChI=1S/C8H10F2N2O2S/c1-12(4-6(9)10)8-11-3-5(15-8)7(13)14-2/h3,6H,4H2,1-2H3. The van der Waals surface area contributed by atoms with Gasteiger partial charge in [-0.1, -0.05) is 11.3 Å². The van der Waals surface area contributed by atoms with Crippen LogP contribution in [0.4, 0.5) is 13.9 Å². The van der Waals surface area contributed by atoms with Crippen LogP contribution in [0.25, 0.3) is 0 Å². The number of aromatic nitrogens is 1. The van der Waals surface area contributed by atoms with Gasteiger partial charge < -0.3 is 9.64 Å². The molecule has 84 valence electrons. The van der Waals surface area contributed by atoms with Crippen LogP contribution in [0, 0.1) is 0 Å². The van der Waals surface area contributed by atoms with Gasteiger partial charge in [-0.2, -0.15) is 0 Å². The van der Waals surface area contributed by atoms with E-state index in [0.717, 1.165) is 11.3 Å². The van der Waals surface area contributed by atoms with E-state index in [1.807, 2.05) is 0 Å². The van der Waals surface area contributed by atoms with E-state index < -0.39 is 18.9 Å². The number of nitrogens with zero attached hydrogens (tertiary/aromatic N) is 2. The van der Waals surface area contributed by atoms with E-state index in [1.165, 1.54) is 25.3 Å². The first kappa shape index (κ1) is 11.8. The average molecular weight is 236 g/mol. The zero-order valence-corrected chi connectivity index (χ0v) is 9.05. The summed E-state index contributed by atoms with van der Waals surface area (Å²) in [6.45, 7) is -0.409. The third-order valence-corrected chi connectivity index (χ3v) is 2.71. The summed E-state index contributed by atoms with van der Waals surface area (Å²) in [6, 6.07) is 0. The SMILES string of the molecule is COC(=O)c1cnc(N(C)CC(F)F)s1. The van der Waals surface area contributed by atoms with Gasteiger partial charge in [-0.05, 0) is 0 Å². The summed E-state index contributed by atoms with van der Waals surface area (Å²) in [6.07, 6.45) is -1.12. The van der Waals surface area contributed by atoms with Gasteiger partial charge in [-0.25, -0.2) is 18.6 Å². The summed E-state index contributed by atoms with van der Waals surface area (Å²) in [5.74, 6) is -0.510. The monoisotopic (exact) mass is 236 g/mol. The third kappa shape index (κ3) is 3.12. The lowest BCUT2D eigenvalue weighted by molar-refractivity contribution is 0.0606. The number of ether oxygens (including phenoxy) is 1. The van der Waals surface area contributed by atoms with Crippen molar-refractivity contribution in [2.75, 3.05) is 25.6 Å². The van der Waals surface area contributed by atoms with Gasteiger partial charge in [0.05, 0.1) is 19.9 Å². The number of halogens is 2. The zero-order chi connectivity index (χ0) is 11.4. The number of methoxy groups -OCH3 is 1. The first-order valence-electron chi connectivity index (χ1n) is 4.08. The fraction of sp³-hybridized carbons (Fsp3) is 0.500. The van der Waals surface area contributed by atoms with E-state index in [9.17, 15) is 13.6 Å². The third-order valence-electron chi connectivity index (χ3n) is 1.62. The van der Waals surface area contributed by atoms with Gasteiger partial charge in [0.1, 0.15) is 4.88 Å². The van der Waals surface area contributed by atoms with Crippen molar-refractivity contribution in [3.05, 3.63) is 11.1 Å². The number of esters is 1. The molecule has 0 saturated carbocycles. The summed E-state index contributed by atoms with van der Waals surface area (Å²) in [4.78, 5) is 16.5. The molecular weight excluding hydrogens is 226 g/mol. The first-order chi connectivity index (χ1) is 7.04. The summed E-state index contributed by atoms with van der Waals surface area (Å²) in [5, 5.41) is 0.371. The van der Waals surface area contributed by atoms with Crippen molar-refractivity contribution in [1.82, 2.24) is 4.98 Å². The molecule has 1 rings (SSSR count). The Hall–Kier alpha value is -1.24. The highest BCUT2D eigenvalue weighted by Crippen LogP contribution is 2.22. The van der Waals surface area contributed by atoms with Crippen LogP contribution >= 0.6 is 11.3 Å². The molecule has 1 heterocycles. The van der Waals surface area contributed by atoms with Crippen LogP contribution < -0.4 is 4.90 Å². The van der Waals surface area contributed by atoms with Gasteiger partial charge in [-0.3, -0.25) is 0 Å². The Labute approximate surface area is 89.5 Å². The first-order valence-corrected chi connectivity index (χ1v) is 4.89. The lowest BCUT2D eigenvalue weighted by atomic mass is 10.6. The van der Waals surface area contributed by atoms with Gasteiger partial charge in [0.15, 0.2) is 5.13 Å². The lowest BCUT2D eigenvalue weighted by Gasteiger charge is -2.13. The van der Waals surface area contributed by atoms with E-state index in [2.05, 4.69) is 9.72 Å². The minimum absolute atomic E-state index is 0.300. The number of carbonyl (C=O) groups is 1. The Morgan fingerprint density at radius 2 is 2.40 bits per heavy atom. The van der Waals surface area contributed by atoms with Crippen molar-refractivity contribution in [2.45, 2.75) is 6.43 Å². The van der Waals surface area contributed by atoms with Crippen molar-refractivity contribution in [2.24, 2.45) is 0 Å². The molecule has 1 aromatic rings. The fourth-order valence-electron chi connectivity index (χ4n) is 0.921. The van der Waals surface area contributed by atoms with E-state index in [-0.39, 0.29) is 0 Å². The Kier molecular flexibility index (Phi) is 3.96. The molecule has 4 nitrogen and oxygen atoms in total. The van der Waals surface area contributed by atoms with Crippen LogP contribution in [0.1, 0.15) is 9.67 Å². The van der Waals surface area contributed by atoms with Crippen LogP contribution in [-0.2, 0) is 4.74 Å². The molecular formula is C8H10F2N2O2S. The highest BCUT2D eigenvalue weighted by atomic mass is 32.1. The number of thiazole rings is 1. The second kappa shape index (κ2) is 5.01. The molecule has 0 fully saturated rings. The summed E-state index contributed by atoms with van der Waals surface area (Å²) >= 11 is 1.02. The molecule has 0 saturated heterocycles. The molecule has 15 heavy (non-hydrogen) atoms. The van der Waals surface area contributed by atoms with Crippen LogP contribution in [-0.4, -0.2) is 38.1 Å². The lowest BCUT2D eigenvalue weighted by Crippen LogP contribution is -2.23. The Balaban J connectivity index is 2.71. The van der Waals surface area contributed by atoms with Gasteiger partial charge in [0.2, 0.25) is 0 Å². The number of carbonyl (C=O) groups excluding carboxylic acids is 1. The largest absolute Gasteiger partial charge is 0.465 e. The highest BCUT2D eigenvalue weighted by Gasteiger charge is 2.15. The maximum Gasteiger partial charge on any atom is 0.349 e. The van der Waals surface area contributed by atoms with Gasteiger partial charge in [-0.15, -0.1) is 0 Å². The molecule has 0 radical (unpaired) electrons. The van der Waals surface area contributed by atoms with Gasteiger partial charge >= 0.3 is 5.97 Å². The molecule has 0 bridgehead atoms. The number of hydrogen-bond donors (Lipinski definition) is 0. The molecule has 0 aromatic carbocycles. The summed E-state index contributed by atoms with van der Waals surface area (Å²) in [5.41, 5.74) is 0. The molecule has 0 aliphatic carbocycles. The maximum atomic E-state index is 12.0. The van der Waals surface area contributed by atoms with E-state index in [4.69, 9.17) is 0 Å².